The van der Waals surface area contributed by atoms with E-state index in [0.717, 1.165) is 31.4 Å². The fraction of sp³-hybridized carbons (Fsp3) is 0.400. The quantitative estimate of drug-likeness (QED) is 0.183. The molecule has 1 unspecified atom stereocenters. The molecule has 6 nitrogen and oxygen atoms in total. The first-order valence-corrected chi connectivity index (χ1v) is 14.2. The minimum Gasteiger partial charge on any atom is -0.476 e. The highest BCUT2D eigenvalue weighted by Gasteiger charge is 2.42. The molecule has 0 aliphatic carbocycles. The van der Waals surface area contributed by atoms with Gasteiger partial charge in [0.15, 0.2) is 0 Å². The molecule has 0 fully saturated rings. The van der Waals surface area contributed by atoms with E-state index in [1.165, 1.54) is 17.8 Å². The summed E-state index contributed by atoms with van der Waals surface area (Å²) in [7, 11) is -3.23. The van der Waals surface area contributed by atoms with Crippen LogP contribution in [0.4, 0.5) is 15.8 Å². The number of rotatable bonds is 9. The Balaban J connectivity index is 2.21. The third-order valence-electron chi connectivity index (χ3n) is 6.26. The maximum Gasteiger partial charge on any atom is 0.368 e. The molecule has 0 radical (unpaired) electrons. The van der Waals surface area contributed by atoms with Crippen molar-refractivity contribution in [2.24, 2.45) is 5.41 Å². The number of carbonyl (C=O) groups is 1. The molecule has 1 heterocycles. The highest BCUT2D eigenvalue weighted by molar-refractivity contribution is 8.24. The number of aliphatic carboxylic acids is 1. The van der Waals surface area contributed by atoms with Crippen LogP contribution in [0.1, 0.15) is 39.5 Å². The third-order valence-corrected chi connectivity index (χ3v) is 9.07. The topological polar surface area (TPSA) is 90.2 Å². The number of unbranched alkanes of at least 4 members (excludes halogenated alkanes) is 1. The minimum atomic E-state index is -3.23. The van der Waals surface area contributed by atoms with E-state index >= 15 is 0 Å². The second-order valence-corrected chi connectivity index (χ2v) is 11.5. The van der Waals surface area contributed by atoms with E-state index in [1.807, 2.05) is 42.7 Å². The van der Waals surface area contributed by atoms with Gasteiger partial charge < -0.3 is 14.7 Å². The standard InChI is InChI=1S/C25H32FNO5S2/c1-4-6-12-25(5-2)16-27(18-10-8-7-9-11-18)20-13-22(33-3)21(32-15-19(26)24(28)29)14-23(20)34(30,31)17-25/h7-11,13-15,30-31H,4-6,12,16-17H2,1-3H3,(H,28,29)/b19-15-. The van der Waals surface area contributed by atoms with Crippen LogP contribution in [0.3, 0.4) is 0 Å². The fourth-order valence-corrected chi connectivity index (χ4v) is 7.11. The van der Waals surface area contributed by atoms with Gasteiger partial charge in [0.25, 0.3) is 0 Å². The number of ether oxygens (including phenoxy) is 1. The van der Waals surface area contributed by atoms with Crippen LogP contribution in [0.2, 0.25) is 0 Å². The summed E-state index contributed by atoms with van der Waals surface area (Å²) in [6.07, 6.45) is 5.98. The largest absolute Gasteiger partial charge is 0.476 e. The molecule has 186 valence electrons. The van der Waals surface area contributed by atoms with Gasteiger partial charge >= 0.3 is 5.97 Å². The van der Waals surface area contributed by atoms with Gasteiger partial charge in [0.05, 0.1) is 15.5 Å². The van der Waals surface area contributed by atoms with Gasteiger partial charge in [0, 0.05) is 29.5 Å². The number of thioether (sulfide) groups is 1. The van der Waals surface area contributed by atoms with Crippen molar-refractivity contribution in [2.75, 3.05) is 23.5 Å². The van der Waals surface area contributed by atoms with Gasteiger partial charge in [-0.25, -0.2) is 4.79 Å². The lowest BCUT2D eigenvalue weighted by Gasteiger charge is -2.41. The molecule has 9 heteroatoms. The molecule has 3 rings (SSSR count). The van der Waals surface area contributed by atoms with Crippen molar-refractivity contribution in [3.8, 4) is 5.75 Å². The van der Waals surface area contributed by atoms with Crippen molar-refractivity contribution in [1.29, 1.82) is 0 Å². The van der Waals surface area contributed by atoms with Crippen molar-refractivity contribution in [3.63, 3.8) is 0 Å². The zero-order valence-electron chi connectivity index (χ0n) is 19.7. The molecule has 1 atom stereocenters. The van der Waals surface area contributed by atoms with Crippen molar-refractivity contribution in [2.45, 2.75) is 49.3 Å². The molecule has 34 heavy (non-hydrogen) atoms. The summed E-state index contributed by atoms with van der Waals surface area (Å²) in [4.78, 5) is 13.9. The molecule has 0 aromatic heterocycles. The second kappa shape index (κ2) is 11.0. The SMILES string of the molecule is CCCCC1(CC)CN(c2ccccc2)c2cc(SC)c(O/C=C(\F)C(=O)O)cc2S(O)(O)C1. The zero-order valence-corrected chi connectivity index (χ0v) is 21.3. The lowest BCUT2D eigenvalue weighted by molar-refractivity contribution is -0.134. The number of hydrogen-bond donors (Lipinski definition) is 3. The van der Waals surface area contributed by atoms with E-state index in [4.69, 9.17) is 9.84 Å². The summed E-state index contributed by atoms with van der Waals surface area (Å²) in [5.74, 6) is -2.79. The molecule has 0 bridgehead atoms. The molecule has 0 amide bonds. The first-order chi connectivity index (χ1) is 16.2. The van der Waals surface area contributed by atoms with E-state index < -0.39 is 22.4 Å². The first kappa shape index (κ1) is 26.4. The normalized spacial score (nSPS) is 20.9. The van der Waals surface area contributed by atoms with Crippen LogP contribution in [0.5, 0.6) is 5.75 Å². The Hall–Kier alpha value is -2.20. The molecular weight excluding hydrogens is 477 g/mol. The molecule has 1 aliphatic heterocycles. The lowest BCUT2D eigenvalue weighted by atomic mass is 9.81. The number of anilines is 2. The molecule has 2 aromatic carbocycles. The molecule has 1 aliphatic rings. The maximum atomic E-state index is 13.6. The van der Waals surface area contributed by atoms with Crippen LogP contribution >= 0.6 is 22.4 Å². The van der Waals surface area contributed by atoms with Crippen molar-refractivity contribution in [1.82, 2.24) is 0 Å². The number of benzene rings is 2. The number of carboxylic acids is 1. The molecular formula is C25H32FNO5S2. The Morgan fingerprint density at radius 2 is 1.97 bits per heavy atom. The van der Waals surface area contributed by atoms with Crippen LogP contribution in [0.15, 0.2) is 64.3 Å². The van der Waals surface area contributed by atoms with Gasteiger partial charge in [-0.1, -0.05) is 44.9 Å². The third kappa shape index (κ3) is 5.71. The van der Waals surface area contributed by atoms with Gasteiger partial charge in [0.1, 0.15) is 12.0 Å². The Morgan fingerprint density at radius 1 is 1.26 bits per heavy atom. The Labute approximate surface area is 206 Å². The smallest absolute Gasteiger partial charge is 0.368 e. The zero-order chi connectivity index (χ0) is 24.9. The highest BCUT2D eigenvalue weighted by atomic mass is 32.3. The van der Waals surface area contributed by atoms with E-state index in [2.05, 4.69) is 18.7 Å². The number of para-hydroxylation sites is 1. The average Bonchev–Trinajstić information content (AvgIpc) is 2.93. The van der Waals surface area contributed by atoms with E-state index in [-0.39, 0.29) is 16.9 Å². The highest BCUT2D eigenvalue weighted by Crippen LogP contribution is 2.62. The predicted octanol–water partition coefficient (Wildman–Crippen LogP) is 7.53. The van der Waals surface area contributed by atoms with Crippen LogP contribution in [-0.4, -0.2) is 38.7 Å². The number of halogens is 1. The maximum absolute atomic E-state index is 13.6. The lowest BCUT2D eigenvalue weighted by Crippen LogP contribution is -2.37. The molecule has 0 saturated heterocycles. The van der Waals surface area contributed by atoms with Crippen molar-refractivity contribution >= 4 is 39.7 Å². The van der Waals surface area contributed by atoms with Crippen LogP contribution < -0.4 is 9.64 Å². The Morgan fingerprint density at radius 3 is 2.56 bits per heavy atom. The summed E-state index contributed by atoms with van der Waals surface area (Å²) in [5.41, 5.74) is 1.28. The Kier molecular flexibility index (Phi) is 8.57. The number of hydrogen-bond acceptors (Lipinski definition) is 6. The molecule has 0 saturated carbocycles. The summed E-state index contributed by atoms with van der Waals surface area (Å²) < 4.78 is 41.9. The number of nitrogens with zero attached hydrogens (tertiary/aromatic N) is 1. The molecule has 3 N–H and O–H groups in total. The van der Waals surface area contributed by atoms with Gasteiger partial charge in [-0.2, -0.15) is 15.0 Å². The molecule has 2 aromatic rings. The monoisotopic (exact) mass is 509 g/mol. The van der Waals surface area contributed by atoms with Gasteiger partial charge in [-0.05, 0) is 37.3 Å². The number of carboxylic acid groups (broad SMARTS) is 1. The van der Waals surface area contributed by atoms with Crippen LogP contribution in [0.25, 0.3) is 0 Å². The van der Waals surface area contributed by atoms with E-state index in [9.17, 15) is 18.3 Å². The van der Waals surface area contributed by atoms with Gasteiger partial charge in [-0.3, -0.25) is 9.11 Å². The molecule has 0 spiro atoms. The van der Waals surface area contributed by atoms with Crippen molar-refractivity contribution in [3.05, 3.63) is 54.6 Å². The predicted molar refractivity (Wildman–Crippen MR) is 137 cm³/mol. The summed E-state index contributed by atoms with van der Waals surface area (Å²) in [5, 5.41) is 8.80. The van der Waals surface area contributed by atoms with Gasteiger partial charge in [0.2, 0.25) is 5.83 Å². The number of fused-ring (bicyclic) bond motifs is 1. The Bertz CT molecular complexity index is 1050. The van der Waals surface area contributed by atoms with Gasteiger partial charge in [-0.15, -0.1) is 11.8 Å². The van der Waals surface area contributed by atoms with Crippen molar-refractivity contribution < 1.29 is 28.1 Å². The van der Waals surface area contributed by atoms with Crippen LogP contribution in [0, 0.1) is 5.41 Å². The average molecular weight is 510 g/mol. The first-order valence-electron chi connectivity index (χ1n) is 11.2. The second-order valence-electron chi connectivity index (χ2n) is 8.55. The summed E-state index contributed by atoms with van der Waals surface area (Å²) in [6, 6.07) is 13.2. The fourth-order valence-electron chi connectivity index (χ4n) is 4.32. The van der Waals surface area contributed by atoms with E-state index in [0.29, 0.717) is 28.3 Å². The summed E-state index contributed by atoms with van der Waals surface area (Å²) in [6.45, 7) is 4.84. The van der Waals surface area contributed by atoms with E-state index in [1.54, 1.807) is 0 Å². The minimum absolute atomic E-state index is 0.174. The summed E-state index contributed by atoms with van der Waals surface area (Å²) >= 11 is 1.35. The van der Waals surface area contributed by atoms with Crippen LogP contribution in [-0.2, 0) is 4.79 Å².